The van der Waals surface area contributed by atoms with E-state index in [4.69, 9.17) is 0 Å². The minimum atomic E-state index is 0.151. The number of nitrogens with one attached hydrogen (secondary N) is 2. The Kier molecular flexibility index (Phi) is 19.9. The first kappa shape index (κ1) is 32.8. The zero-order valence-corrected chi connectivity index (χ0v) is 24.4. The fourth-order valence-electron chi connectivity index (χ4n) is 3.08. The molecular formula is C29H46N4S2. The molecule has 1 aromatic carbocycles. The van der Waals surface area contributed by atoms with Crippen LogP contribution >= 0.6 is 22.4 Å². The van der Waals surface area contributed by atoms with Crippen LogP contribution in [0.5, 0.6) is 0 Å². The largest absolute Gasteiger partial charge is 0.354 e. The average Bonchev–Trinajstić information content (AvgIpc) is 2.85. The highest BCUT2D eigenvalue weighted by atomic mass is 32.2. The third kappa shape index (κ3) is 16.2. The van der Waals surface area contributed by atoms with Crippen molar-refractivity contribution in [2.75, 3.05) is 11.6 Å². The Labute approximate surface area is 221 Å². The molecule has 0 aliphatic carbocycles. The van der Waals surface area contributed by atoms with E-state index in [1.807, 2.05) is 76.2 Å². The molecule has 35 heavy (non-hydrogen) atoms. The summed E-state index contributed by atoms with van der Waals surface area (Å²) in [5.41, 5.74) is 2.62. The van der Waals surface area contributed by atoms with Crippen molar-refractivity contribution in [1.82, 2.24) is 9.71 Å². The van der Waals surface area contributed by atoms with Gasteiger partial charge in [0, 0.05) is 29.0 Å². The monoisotopic (exact) mass is 514 g/mol. The van der Waals surface area contributed by atoms with Gasteiger partial charge in [-0.3, -0.25) is 9.71 Å². The predicted molar refractivity (Wildman–Crippen MR) is 165 cm³/mol. The number of hydrogen-bond donors (Lipinski definition) is 2. The number of allylic oxidation sites excluding steroid dienone is 1. The Balaban J connectivity index is 0.000000754. The molecule has 1 atom stereocenters. The second-order valence-corrected chi connectivity index (χ2v) is 10.4. The summed E-state index contributed by atoms with van der Waals surface area (Å²) in [6.07, 6.45) is 12.8. The molecule has 194 valence electrons. The van der Waals surface area contributed by atoms with Crippen LogP contribution in [-0.4, -0.2) is 28.2 Å². The summed E-state index contributed by atoms with van der Waals surface area (Å²) < 4.78 is 3.50. The summed E-state index contributed by atoms with van der Waals surface area (Å²) in [4.78, 5) is 9.78. The van der Waals surface area contributed by atoms with E-state index in [9.17, 15) is 0 Å². The standard InChI is InChI=1S/C18H19N3S.C9H21NS.C2H6/c1-4-18(14(2)20-16-8-6-5-7-9-16)21-15(3)22-17-10-12-19-13-11-17;1-5-7-9(8-6-2)10-11(3)4;1-2/h4-13,20H,2H2,1,3H3;9-10H,3,5-8H2,1-2,4H3;1-2H3/b18-4-,21-15?;;. The van der Waals surface area contributed by atoms with Crippen LogP contribution in [0.25, 0.3) is 0 Å². The summed E-state index contributed by atoms with van der Waals surface area (Å²) in [6, 6.07) is 14.6. The van der Waals surface area contributed by atoms with Crippen molar-refractivity contribution in [3.05, 3.63) is 78.9 Å². The summed E-state index contributed by atoms with van der Waals surface area (Å²) in [6.45, 7) is 16.5. The van der Waals surface area contributed by atoms with Gasteiger partial charge in [-0.2, -0.15) is 0 Å². The lowest BCUT2D eigenvalue weighted by Gasteiger charge is -2.17. The van der Waals surface area contributed by atoms with Gasteiger partial charge in [0.05, 0.1) is 16.4 Å². The fourth-order valence-corrected chi connectivity index (χ4v) is 4.63. The van der Waals surface area contributed by atoms with Gasteiger partial charge in [0.15, 0.2) is 0 Å². The first-order valence-electron chi connectivity index (χ1n) is 12.4. The molecule has 0 fully saturated rings. The molecule has 0 amide bonds. The maximum Gasteiger partial charge on any atom is 0.0825 e. The van der Waals surface area contributed by atoms with E-state index in [1.165, 1.54) is 25.7 Å². The second kappa shape index (κ2) is 21.2. The molecule has 0 bridgehead atoms. The number of thioether (sulfide) groups is 1. The van der Waals surface area contributed by atoms with Gasteiger partial charge in [-0.15, -0.1) is 10.7 Å². The molecule has 1 heterocycles. The molecule has 0 saturated heterocycles. The zero-order chi connectivity index (χ0) is 26.5. The van der Waals surface area contributed by atoms with Crippen molar-refractivity contribution in [2.45, 2.75) is 78.2 Å². The SMILES string of the molecule is C=C(Nc1ccccc1)/C(=C/C)N=C(C)Sc1ccncc1.C=S(C)NC(CCC)CCC.CC. The molecule has 0 aliphatic rings. The second-order valence-electron chi connectivity index (χ2n) is 7.59. The molecule has 0 spiro atoms. The van der Waals surface area contributed by atoms with E-state index < -0.39 is 0 Å². The molecule has 1 aromatic heterocycles. The number of rotatable bonds is 11. The van der Waals surface area contributed by atoms with Gasteiger partial charge in [0.25, 0.3) is 0 Å². The minimum Gasteiger partial charge on any atom is -0.354 e. The third-order valence-electron chi connectivity index (χ3n) is 4.49. The number of benzene rings is 1. The molecule has 1 unspecified atom stereocenters. The number of anilines is 1. The Morgan fingerprint density at radius 3 is 2.14 bits per heavy atom. The van der Waals surface area contributed by atoms with Crippen LogP contribution in [0.15, 0.2) is 88.8 Å². The first-order valence-corrected chi connectivity index (χ1v) is 15.0. The van der Waals surface area contributed by atoms with E-state index in [2.05, 4.69) is 52.6 Å². The van der Waals surface area contributed by atoms with Crippen molar-refractivity contribution in [3.8, 4) is 0 Å². The van der Waals surface area contributed by atoms with Crippen LogP contribution in [0, 0.1) is 0 Å². The quantitative estimate of drug-likeness (QED) is 0.103. The lowest BCUT2D eigenvalue weighted by molar-refractivity contribution is 0.525. The van der Waals surface area contributed by atoms with Gasteiger partial charge in [0.2, 0.25) is 0 Å². The van der Waals surface area contributed by atoms with Crippen LogP contribution < -0.4 is 10.0 Å². The highest BCUT2D eigenvalue weighted by Crippen LogP contribution is 2.21. The normalized spacial score (nSPS) is 12.1. The van der Waals surface area contributed by atoms with Crippen LogP contribution in [0.3, 0.4) is 0 Å². The molecule has 2 N–H and O–H groups in total. The van der Waals surface area contributed by atoms with Crippen LogP contribution in [0.1, 0.15) is 67.2 Å². The highest BCUT2D eigenvalue weighted by Gasteiger charge is 2.04. The Morgan fingerprint density at radius 2 is 1.66 bits per heavy atom. The van der Waals surface area contributed by atoms with Gasteiger partial charge in [-0.05, 0) is 57.2 Å². The molecule has 4 nitrogen and oxygen atoms in total. The Bertz CT molecular complexity index is 887. The topological polar surface area (TPSA) is 49.3 Å². The van der Waals surface area contributed by atoms with Gasteiger partial charge < -0.3 is 5.32 Å². The van der Waals surface area contributed by atoms with Crippen molar-refractivity contribution < 1.29 is 0 Å². The Morgan fingerprint density at radius 1 is 1.09 bits per heavy atom. The Hall–Kier alpha value is -2.15. The summed E-state index contributed by atoms with van der Waals surface area (Å²) in [5, 5.41) is 4.23. The lowest BCUT2D eigenvalue weighted by atomic mass is 10.1. The maximum absolute atomic E-state index is 4.64. The number of nitrogens with zero attached hydrogens (tertiary/aromatic N) is 2. The summed E-state index contributed by atoms with van der Waals surface area (Å²) >= 11 is 1.61. The molecule has 0 radical (unpaired) electrons. The average molecular weight is 515 g/mol. The highest BCUT2D eigenvalue weighted by molar-refractivity contribution is 8.14. The predicted octanol–water partition coefficient (Wildman–Crippen LogP) is 8.94. The molecular weight excluding hydrogens is 468 g/mol. The van der Waals surface area contributed by atoms with Crippen molar-refractivity contribution in [1.29, 1.82) is 0 Å². The number of pyridine rings is 1. The first-order chi connectivity index (χ1) is 16.9. The van der Waals surface area contributed by atoms with Gasteiger partial charge >= 0.3 is 0 Å². The van der Waals surface area contributed by atoms with Gasteiger partial charge in [-0.1, -0.05) is 89.0 Å². The van der Waals surface area contributed by atoms with E-state index in [0.717, 1.165) is 27.0 Å². The van der Waals surface area contributed by atoms with E-state index in [0.29, 0.717) is 6.04 Å². The minimum absolute atomic E-state index is 0.151. The number of aromatic nitrogens is 1. The van der Waals surface area contributed by atoms with Gasteiger partial charge in [0.1, 0.15) is 0 Å². The molecule has 0 aliphatic heterocycles. The van der Waals surface area contributed by atoms with Crippen LogP contribution in [0.2, 0.25) is 0 Å². The summed E-state index contributed by atoms with van der Waals surface area (Å²) in [5.74, 6) is 3.96. The molecule has 6 heteroatoms. The molecule has 2 rings (SSSR count). The molecule has 2 aromatic rings. The van der Waals surface area contributed by atoms with Crippen molar-refractivity contribution in [2.24, 2.45) is 4.99 Å². The number of aliphatic imine (C=N–C) groups is 1. The lowest BCUT2D eigenvalue weighted by Crippen LogP contribution is -2.23. The third-order valence-corrected chi connectivity index (χ3v) is 6.12. The van der Waals surface area contributed by atoms with E-state index >= 15 is 0 Å². The number of hydrogen-bond acceptors (Lipinski definition) is 5. The van der Waals surface area contributed by atoms with Crippen LogP contribution in [0.4, 0.5) is 5.69 Å². The van der Waals surface area contributed by atoms with Crippen LogP contribution in [-0.2, 0) is 0 Å². The smallest absolute Gasteiger partial charge is 0.0825 e. The molecule has 0 saturated carbocycles. The van der Waals surface area contributed by atoms with Crippen molar-refractivity contribution in [3.63, 3.8) is 0 Å². The number of para-hydroxylation sites is 1. The van der Waals surface area contributed by atoms with E-state index in [-0.39, 0.29) is 10.7 Å². The van der Waals surface area contributed by atoms with E-state index in [1.54, 1.807) is 24.2 Å². The van der Waals surface area contributed by atoms with Crippen molar-refractivity contribution >= 4 is 39.0 Å². The zero-order valence-electron chi connectivity index (χ0n) is 22.8. The maximum atomic E-state index is 4.64. The van der Waals surface area contributed by atoms with Gasteiger partial charge in [-0.25, -0.2) is 4.99 Å². The summed E-state index contributed by atoms with van der Waals surface area (Å²) in [7, 11) is 0.151. The fraction of sp³-hybridized carbons (Fsp3) is 0.414.